The minimum atomic E-state index is -2.13. The molecule has 9 heteroatoms. The molecule has 2 rings (SSSR count). The maximum atomic E-state index is 12.5. The van der Waals surface area contributed by atoms with Gasteiger partial charge in [-0.15, -0.1) is 0 Å². The van der Waals surface area contributed by atoms with Crippen molar-refractivity contribution >= 4 is 22.5 Å². The molecule has 0 unspecified atom stereocenters. The fraction of sp³-hybridized carbons (Fsp3) is 0.727. The molecule has 1 aromatic heterocycles. The fourth-order valence-corrected chi connectivity index (χ4v) is 5.14. The van der Waals surface area contributed by atoms with E-state index in [0.29, 0.717) is 12.2 Å². The zero-order valence-corrected chi connectivity index (χ0v) is 22.9. The number of hydrogen-bond acceptors (Lipinski definition) is 6. The molecule has 0 bridgehead atoms. The summed E-state index contributed by atoms with van der Waals surface area (Å²) in [6.07, 6.45) is 0.217. The number of nitrogens with two attached hydrogens (primary N) is 1. The van der Waals surface area contributed by atoms with E-state index in [0.717, 1.165) is 0 Å². The zero-order chi connectivity index (χ0) is 24.0. The molecule has 1 fully saturated rings. The van der Waals surface area contributed by atoms with E-state index >= 15 is 0 Å². The first-order valence-electron chi connectivity index (χ1n) is 10.9. The Morgan fingerprint density at radius 3 is 2.16 bits per heavy atom. The predicted molar refractivity (Wildman–Crippen MR) is 131 cm³/mol. The van der Waals surface area contributed by atoms with E-state index in [9.17, 15) is 4.79 Å². The first kappa shape index (κ1) is 26.0. The predicted octanol–water partition coefficient (Wildman–Crippen LogP) is 4.69. The van der Waals surface area contributed by atoms with Gasteiger partial charge in [-0.3, -0.25) is 4.57 Å². The smallest absolute Gasteiger partial charge is 0.351 e. The molecular weight excluding hydrogens is 426 g/mol. The third kappa shape index (κ3) is 5.57. The van der Waals surface area contributed by atoms with Gasteiger partial charge < -0.3 is 19.3 Å². The van der Waals surface area contributed by atoms with E-state index in [1.807, 2.05) is 0 Å². The molecule has 2 heterocycles. The van der Waals surface area contributed by atoms with Gasteiger partial charge in [0.15, 0.2) is 22.9 Å². The minimum absolute atomic E-state index is 0.0236. The van der Waals surface area contributed by atoms with Gasteiger partial charge in [-0.05, 0) is 42.3 Å². The Morgan fingerprint density at radius 2 is 1.68 bits per heavy atom. The lowest BCUT2D eigenvalue weighted by molar-refractivity contribution is -0.0396. The van der Waals surface area contributed by atoms with Crippen molar-refractivity contribution in [2.45, 2.75) is 96.2 Å². The number of hydrogen-bond donors (Lipinski definition) is 1. The van der Waals surface area contributed by atoms with Crippen LogP contribution in [0.5, 0.6) is 0 Å². The topological polar surface area (TPSA) is 88.6 Å². The molecule has 1 aliphatic heterocycles. The van der Waals surface area contributed by atoms with E-state index < -0.39 is 28.6 Å². The Labute approximate surface area is 189 Å². The number of aromatic nitrogens is 2. The lowest BCUT2D eigenvalue weighted by atomic mass is 10.1. The standard InChI is InChI=1S/C22H41N3O4Si2/c1-15-18(29-31(10,11)22(5,6)7)16(14-27-30(8,9)21(2,3)4)28-19(15)25-13-12-17(23)24-20(25)26/h12-13,16,18-19H,1,14H2,2-11H3,(H2,23,24,26)/t16-,18+,19-/m1/s1. The van der Waals surface area contributed by atoms with Gasteiger partial charge >= 0.3 is 5.69 Å². The van der Waals surface area contributed by atoms with Gasteiger partial charge in [-0.2, -0.15) is 4.98 Å². The third-order valence-corrected chi connectivity index (χ3v) is 16.0. The Bertz CT molecular complexity index is 869. The summed E-state index contributed by atoms with van der Waals surface area (Å²) in [7, 11) is -4.12. The van der Waals surface area contributed by atoms with Gasteiger partial charge in [0.25, 0.3) is 0 Å². The van der Waals surface area contributed by atoms with Gasteiger partial charge in [-0.1, -0.05) is 48.1 Å². The molecule has 2 N–H and O–H groups in total. The molecule has 0 spiro atoms. The number of rotatable bonds is 6. The molecule has 176 valence electrons. The molecule has 0 aliphatic carbocycles. The Balaban J connectivity index is 2.37. The maximum Gasteiger partial charge on any atom is 0.351 e. The Kier molecular flexibility index (Phi) is 7.20. The van der Waals surface area contributed by atoms with Crippen molar-refractivity contribution in [1.82, 2.24) is 9.55 Å². The molecule has 0 amide bonds. The van der Waals surface area contributed by atoms with Gasteiger partial charge in [-0.25, -0.2) is 4.79 Å². The Morgan fingerprint density at radius 1 is 1.13 bits per heavy atom. The number of nitrogen functional groups attached to an aromatic ring is 1. The van der Waals surface area contributed by atoms with Crippen LogP contribution >= 0.6 is 0 Å². The van der Waals surface area contributed by atoms with Gasteiger partial charge in [0.2, 0.25) is 0 Å². The van der Waals surface area contributed by atoms with Crippen LogP contribution in [0.25, 0.3) is 0 Å². The van der Waals surface area contributed by atoms with E-state index in [1.54, 1.807) is 12.3 Å². The number of ether oxygens (including phenoxy) is 1. The highest BCUT2D eigenvalue weighted by molar-refractivity contribution is 6.74. The molecule has 1 aliphatic rings. The van der Waals surface area contributed by atoms with Gasteiger partial charge in [0.05, 0.1) is 12.7 Å². The van der Waals surface area contributed by atoms with Crippen molar-refractivity contribution in [3.63, 3.8) is 0 Å². The highest BCUT2D eigenvalue weighted by atomic mass is 28.4. The monoisotopic (exact) mass is 467 g/mol. The van der Waals surface area contributed by atoms with Crippen LogP contribution in [-0.2, 0) is 13.6 Å². The summed E-state index contributed by atoms with van der Waals surface area (Å²) in [5.74, 6) is 0.178. The van der Waals surface area contributed by atoms with Crippen LogP contribution in [0, 0.1) is 0 Å². The second-order valence-corrected chi connectivity index (χ2v) is 21.1. The van der Waals surface area contributed by atoms with Crippen LogP contribution in [0.2, 0.25) is 36.3 Å². The van der Waals surface area contributed by atoms with Crippen LogP contribution in [-0.4, -0.2) is 45.0 Å². The van der Waals surface area contributed by atoms with Crippen LogP contribution in [0.15, 0.2) is 29.2 Å². The fourth-order valence-electron chi connectivity index (χ4n) is 2.83. The van der Waals surface area contributed by atoms with Crippen molar-refractivity contribution in [2.24, 2.45) is 0 Å². The van der Waals surface area contributed by atoms with Crippen molar-refractivity contribution in [3.8, 4) is 0 Å². The maximum absolute atomic E-state index is 12.5. The summed E-state index contributed by atoms with van der Waals surface area (Å²) >= 11 is 0. The molecular formula is C22H41N3O4Si2. The lowest BCUT2D eigenvalue weighted by Gasteiger charge is -2.40. The van der Waals surface area contributed by atoms with Crippen LogP contribution in [0.1, 0.15) is 47.8 Å². The summed E-state index contributed by atoms with van der Waals surface area (Å²) in [5.41, 5.74) is 5.90. The van der Waals surface area contributed by atoms with Crippen molar-refractivity contribution < 1.29 is 13.6 Å². The molecule has 0 saturated carbocycles. The average Bonchev–Trinajstić information content (AvgIpc) is 2.87. The summed E-state index contributed by atoms with van der Waals surface area (Å²) in [6.45, 7) is 26.7. The second kappa shape index (κ2) is 8.59. The molecule has 3 atom stereocenters. The highest BCUT2D eigenvalue weighted by Crippen LogP contribution is 2.43. The van der Waals surface area contributed by atoms with Crippen LogP contribution in [0.3, 0.4) is 0 Å². The van der Waals surface area contributed by atoms with Crippen molar-refractivity contribution in [1.29, 1.82) is 0 Å². The first-order chi connectivity index (χ1) is 13.9. The summed E-state index contributed by atoms with van der Waals surface area (Å²) in [6, 6.07) is 1.58. The summed E-state index contributed by atoms with van der Waals surface area (Å²) in [5, 5.41) is 0.103. The van der Waals surface area contributed by atoms with Gasteiger partial charge in [0.1, 0.15) is 11.9 Å². The molecule has 0 aromatic carbocycles. The van der Waals surface area contributed by atoms with Crippen molar-refractivity contribution in [3.05, 3.63) is 34.9 Å². The van der Waals surface area contributed by atoms with E-state index in [-0.39, 0.29) is 28.1 Å². The normalized spacial score (nSPS) is 23.4. The summed E-state index contributed by atoms with van der Waals surface area (Å²) < 4.78 is 21.0. The average molecular weight is 468 g/mol. The SMILES string of the molecule is C=C1[C@H](n2ccc(N)nc2=O)O[C@H](CO[Si](C)(C)C(C)(C)C)[C@H]1O[Si](C)(C)C(C)(C)C. The van der Waals surface area contributed by atoms with E-state index in [2.05, 4.69) is 79.3 Å². The molecule has 31 heavy (non-hydrogen) atoms. The van der Waals surface area contributed by atoms with Crippen LogP contribution in [0.4, 0.5) is 5.82 Å². The van der Waals surface area contributed by atoms with E-state index in [1.165, 1.54) is 4.57 Å². The first-order valence-corrected chi connectivity index (χ1v) is 16.7. The quantitative estimate of drug-likeness (QED) is 0.482. The van der Waals surface area contributed by atoms with Crippen LogP contribution < -0.4 is 11.4 Å². The lowest BCUT2D eigenvalue weighted by Crippen LogP contribution is -2.48. The largest absolute Gasteiger partial charge is 0.414 e. The molecule has 7 nitrogen and oxygen atoms in total. The highest BCUT2D eigenvalue weighted by Gasteiger charge is 2.48. The summed E-state index contributed by atoms with van der Waals surface area (Å²) in [4.78, 5) is 16.3. The molecule has 0 radical (unpaired) electrons. The minimum Gasteiger partial charge on any atom is -0.414 e. The number of nitrogens with zero attached hydrogens (tertiary/aromatic N) is 2. The van der Waals surface area contributed by atoms with Gasteiger partial charge in [0, 0.05) is 11.8 Å². The number of anilines is 1. The van der Waals surface area contributed by atoms with E-state index in [4.69, 9.17) is 19.3 Å². The third-order valence-electron chi connectivity index (χ3n) is 7.07. The molecule has 1 aromatic rings. The zero-order valence-electron chi connectivity index (χ0n) is 20.9. The van der Waals surface area contributed by atoms with Crippen molar-refractivity contribution in [2.75, 3.05) is 12.3 Å². The Hall–Kier alpha value is -1.27. The molecule has 1 saturated heterocycles. The second-order valence-electron chi connectivity index (χ2n) is 11.5.